The van der Waals surface area contributed by atoms with Crippen molar-refractivity contribution in [3.8, 4) is 5.69 Å². The van der Waals surface area contributed by atoms with Crippen molar-refractivity contribution >= 4 is 11.6 Å². The molecule has 1 amide bonds. The van der Waals surface area contributed by atoms with Crippen molar-refractivity contribution in [2.75, 3.05) is 5.32 Å². The number of amides is 1. The maximum Gasteiger partial charge on any atom is 0.228 e. The van der Waals surface area contributed by atoms with Crippen LogP contribution in [0, 0.1) is 5.82 Å². The predicted molar refractivity (Wildman–Crippen MR) is 80.1 cm³/mol. The number of aromatic nitrogens is 3. The Morgan fingerprint density at radius 1 is 1.14 bits per heavy atom. The Hall–Kier alpha value is -3.02. The Bertz CT molecular complexity index is 769. The molecule has 2 aromatic carbocycles. The fourth-order valence-electron chi connectivity index (χ4n) is 2.09. The van der Waals surface area contributed by atoms with Crippen molar-refractivity contribution in [1.29, 1.82) is 0 Å². The lowest BCUT2D eigenvalue weighted by molar-refractivity contribution is -0.115. The fraction of sp³-hybridized carbons (Fsp3) is 0.0625. The molecule has 3 aromatic rings. The molecule has 0 radical (unpaired) electrons. The molecule has 5 nitrogen and oxygen atoms in total. The molecule has 0 atom stereocenters. The van der Waals surface area contributed by atoms with E-state index in [1.54, 1.807) is 29.2 Å². The van der Waals surface area contributed by atoms with E-state index in [0.29, 0.717) is 5.69 Å². The second-order valence-electron chi connectivity index (χ2n) is 4.71. The smallest absolute Gasteiger partial charge is 0.228 e. The molecule has 3 rings (SSSR count). The fourth-order valence-corrected chi connectivity index (χ4v) is 2.09. The zero-order chi connectivity index (χ0) is 15.4. The summed E-state index contributed by atoms with van der Waals surface area (Å²) in [6, 6.07) is 13.2. The number of nitrogens with one attached hydrogen (secondary N) is 1. The number of carbonyl (C=O) groups excluding carboxylic acids is 1. The number of nitrogens with zero attached hydrogens (tertiary/aromatic N) is 3. The molecule has 0 aliphatic rings. The molecule has 0 bridgehead atoms. The van der Waals surface area contributed by atoms with Gasteiger partial charge in [0.1, 0.15) is 18.5 Å². The van der Waals surface area contributed by atoms with Crippen LogP contribution in [-0.4, -0.2) is 20.7 Å². The summed E-state index contributed by atoms with van der Waals surface area (Å²) < 4.78 is 14.4. The molecule has 0 saturated heterocycles. The van der Waals surface area contributed by atoms with Crippen LogP contribution < -0.4 is 5.32 Å². The highest BCUT2D eigenvalue weighted by atomic mass is 19.1. The first-order chi connectivity index (χ1) is 10.7. The van der Waals surface area contributed by atoms with Gasteiger partial charge in [-0.3, -0.25) is 4.79 Å². The number of halogens is 1. The van der Waals surface area contributed by atoms with Crippen molar-refractivity contribution in [3.63, 3.8) is 0 Å². The summed E-state index contributed by atoms with van der Waals surface area (Å²) in [6.45, 7) is 0. The van der Waals surface area contributed by atoms with Crippen LogP contribution in [0.3, 0.4) is 0 Å². The van der Waals surface area contributed by atoms with Crippen LogP contribution in [0.1, 0.15) is 5.56 Å². The molecule has 0 saturated carbocycles. The monoisotopic (exact) mass is 296 g/mol. The van der Waals surface area contributed by atoms with Crippen LogP contribution >= 0.6 is 0 Å². The molecule has 6 heteroatoms. The van der Waals surface area contributed by atoms with Gasteiger partial charge in [0, 0.05) is 0 Å². The molecule has 22 heavy (non-hydrogen) atoms. The largest absolute Gasteiger partial charge is 0.324 e. The minimum Gasteiger partial charge on any atom is -0.324 e. The standard InChI is InChI=1S/C16H13FN4O/c17-13-7-5-12(6-8-13)9-16(22)20-14-3-1-2-4-15(14)21-11-18-10-19-21/h1-8,10-11H,9H2,(H,20,22). The van der Waals surface area contributed by atoms with Crippen LogP contribution in [0.15, 0.2) is 61.2 Å². The maximum absolute atomic E-state index is 12.9. The van der Waals surface area contributed by atoms with Gasteiger partial charge in [-0.15, -0.1) is 0 Å². The third-order valence-electron chi connectivity index (χ3n) is 3.12. The highest BCUT2D eigenvalue weighted by molar-refractivity contribution is 5.94. The zero-order valence-electron chi connectivity index (χ0n) is 11.6. The Labute approximate surface area is 126 Å². The summed E-state index contributed by atoms with van der Waals surface area (Å²) in [5.74, 6) is -0.500. The molecular formula is C16H13FN4O. The second-order valence-corrected chi connectivity index (χ2v) is 4.71. The van der Waals surface area contributed by atoms with Crippen molar-refractivity contribution in [1.82, 2.24) is 14.8 Å². The van der Waals surface area contributed by atoms with Gasteiger partial charge < -0.3 is 5.32 Å². The van der Waals surface area contributed by atoms with E-state index in [2.05, 4.69) is 15.4 Å². The predicted octanol–water partition coefficient (Wildman–Crippen LogP) is 2.59. The van der Waals surface area contributed by atoms with Gasteiger partial charge in [0.2, 0.25) is 5.91 Å². The van der Waals surface area contributed by atoms with E-state index >= 15 is 0 Å². The summed E-state index contributed by atoms with van der Waals surface area (Å²) >= 11 is 0. The molecule has 0 aliphatic carbocycles. The topological polar surface area (TPSA) is 59.8 Å². The molecule has 110 valence electrons. The van der Waals surface area contributed by atoms with Gasteiger partial charge in [-0.25, -0.2) is 14.1 Å². The first-order valence-corrected chi connectivity index (χ1v) is 6.71. The van der Waals surface area contributed by atoms with Crippen molar-refractivity contribution < 1.29 is 9.18 Å². The van der Waals surface area contributed by atoms with E-state index in [4.69, 9.17) is 0 Å². The highest BCUT2D eigenvalue weighted by Gasteiger charge is 2.09. The first-order valence-electron chi connectivity index (χ1n) is 6.71. The van der Waals surface area contributed by atoms with Gasteiger partial charge in [-0.1, -0.05) is 24.3 Å². The number of hydrogen-bond acceptors (Lipinski definition) is 3. The quantitative estimate of drug-likeness (QED) is 0.805. The van der Waals surface area contributed by atoms with Crippen LogP contribution in [0.25, 0.3) is 5.69 Å². The van der Waals surface area contributed by atoms with E-state index in [1.165, 1.54) is 18.5 Å². The number of hydrogen-bond donors (Lipinski definition) is 1. The number of para-hydroxylation sites is 2. The van der Waals surface area contributed by atoms with E-state index in [9.17, 15) is 9.18 Å². The third-order valence-corrected chi connectivity index (χ3v) is 3.12. The lowest BCUT2D eigenvalue weighted by Crippen LogP contribution is -2.16. The van der Waals surface area contributed by atoms with Gasteiger partial charge in [0.15, 0.2) is 0 Å². The molecule has 1 heterocycles. The van der Waals surface area contributed by atoms with Crippen LogP contribution in [0.5, 0.6) is 0 Å². The number of carbonyl (C=O) groups is 1. The number of rotatable bonds is 4. The Morgan fingerprint density at radius 3 is 2.64 bits per heavy atom. The zero-order valence-corrected chi connectivity index (χ0v) is 11.6. The van der Waals surface area contributed by atoms with Gasteiger partial charge in [-0.2, -0.15) is 5.10 Å². The lowest BCUT2D eigenvalue weighted by Gasteiger charge is -2.10. The Kier molecular flexibility index (Phi) is 3.91. The average molecular weight is 296 g/mol. The Morgan fingerprint density at radius 2 is 1.91 bits per heavy atom. The summed E-state index contributed by atoms with van der Waals surface area (Å²) in [4.78, 5) is 16.0. The van der Waals surface area contributed by atoms with Gasteiger partial charge in [0.25, 0.3) is 0 Å². The minimum absolute atomic E-state index is 0.173. The average Bonchev–Trinajstić information content (AvgIpc) is 3.04. The minimum atomic E-state index is -0.319. The summed E-state index contributed by atoms with van der Waals surface area (Å²) in [5, 5.41) is 6.90. The number of benzene rings is 2. The van der Waals surface area contributed by atoms with Crippen LogP contribution in [0.4, 0.5) is 10.1 Å². The molecule has 0 aliphatic heterocycles. The number of anilines is 1. The molecule has 1 aromatic heterocycles. The summed E-state index contributed by atoms with van der Waals surface area (Å²) in [6.07, 6.45) is 3.16. The molecule has 0 unspecified atom stereocenters. The normalized spacial score (nSPS) is 10.4. The van der Waals surface area contributed by atoms with Crippen LogP contribution in [0.2, 0.25) is 0 Å². The maximum atomic E-state index is 12.9. The van der Waals surface area contributed by atoms with Crippen molar-refractivity contribution in [2.45, 2.75) is 6.42 Å². The third kappa shape index (κ3) is 3.17. The van der Waals surface area contributed by atoms with E-state index in [1.807, 2.05) is 18.2 Å². The lowest BCUT2D eigenvalue weighted by atomic mass is 10.1. The molecule has 0 fully saturated rings. The van der Waals surface area contributed by atoms with E-state index in [-0.39, 0.29) is 18.1 Å². The second kappa shape index (κ2) is 6.17. The van der Waals surface area contributed by atoms with Gasteiger partial charge in [0.05, 0.1) is 17.8 Å². The van der Waals surface area contributed by atoms with Crippen molar-refractivity contribution in [2.24, 2.45) is 0 Å². The SMILES string of the molecule is O=C(Cc1ccc(F)cc1)Nc1ccccc1-n1cncn1. The van der Waals surface area contributed by atoms with E-state index in [0.717, 1.165) is 11.3 Å². The molecule has 1 N–H and O–H groups in total. The molecule has 0 spiro atoms. The van der Waals surface area contributed by atoms with E-state index < -0.39 is 0 Å². The highest BCUT2D eigenvalue weighted by Crippen LogP contribution is 2.19. The van der Waals surface area contributed by atoms with Crippen LogP contribution in [-0.2, 0) is 11.2 Å². The first kappa shape index (κ1) is 13.9. The Balaban J connectivity index is 1.76. The summed E-state index contributed by atoms with van der Waals surface area (Å²) in [5.41, 5.74) is 2.12. The van der Waals surface area contributed by atoms with Gasteiger partial charge >= 0.3 is 0 Å². The van der Waals surface area contributed by atoms with Gasteiger partial charge in [-0.05, 0) is 29.8 Å². The molecular weight excluding hydrogens is 283 g/mol. The summed E-state index contributed by atoms with van der Waals surface area (Å²) in [7, 11) is 0. The van der Waals surface area contributed by atoms with Crippen molar-refractivity contribution in [3.05, 3.63) is 72.6 Å².